The van der Waals surface area contributed by atoms with E-state index >= 15 is 0 Å². The minimum absolute atomic E-state index is 0.0331. The molecule has 58 heavy (non-hydrogen) atoms. The number of aryl methyl sites for hydroxylation is 1. The fourth-order valence-corrected chi connectivity index (χ4v) is 8.01. The summed E-state index contributed by atoms with van der Waals surface area (Å²) in [6.45, 7) is 6.70. The van der Waals surface area contributed by atoms with Gasteiger partial charge in [0.05, 0.1) is 21.8 Å². The van der Waals surface area contributed by atoms with Crippen LogP contribution in [-0.4, -0.2) is 64.5 Å². The highest BCUT2D eigenvalue weighted by molar-refractivity contribution is 5.85. The maximum atomic E-state index is 13.3. The van der Waals surface area contributed by atoms with Gasteiger partial charge in [-0.2, -0.15) is 0 Å². The van der Waals surface area contributed by atoms with Crippen molar-refractivity contribution in [3.8, 4) is 0 Å². The van der Waals surface area contributed by atoms with Gasteiger partial charge in [-0.05, 0) is 74.1 Å². The number of fused-ring (bicyclic) bond motifs is 6. The van der Waals surface area contributed by atoms with E-state index < -0.39 is 0 Å². The van der Waals surface area contributed by atoms with Crippen LogP contribution in [0.2, 0.25) is 0 Å². The van der Waals surface area contributed by atoms with Crippen LogP contribution in [0.3, 0.4) is 0 Å². The molecule has 2 aliphatic rings. The van der Waals surface area contributed by atoms with Gasteiger partial charge in [-0.3, -0.25) is 18.7 Å². The smallest absolute Gasteiger partial charge is 0.263 e. The number of hydrogen-bond acceptors (Lipinski definition) is 9. The zero-order valence-electron chi connectivity index (χ0n) is 32.5. The molecule has 6 heterocycles. The molecule has 0 bridgehead atoms. The van der Waals surface area contributed by atoms with Crippen molar-refractivity contribution in [2.75, 3.05) is 41.7 Å². The topological polar surface area (TPSA) is 137 Å². The highest BCUT2D eigenvalue weighted by Gasteiger charge is 2.24. The molecule has 0 aliphatic carbocycles. The number of rotatable bonds is 8. The van der Waals surface area contributed by atoms with E-state index in [0.29, 0.717) is 41.1 Å². The molecule has 2 saturated heterocycles. The summed E-state index contributed by atoms with van der Waals surface area (Å²) >= 11 is 0. The first-order valence-corrected chi connectivity index (χ1v) is 19.9. The second-order valence-corrected chi connectivity index (χ2v) is 14.9. The fourth-order valence-electron chi connectivity index (χ4n) is 8.01. The summed E-state index contributed by atoms with van der Waals surface area (Å²) in [5, 5.41) is 19.0. The number of hydrogen-bond donors (Lipinski definition) is 1. The maximum Gasteiger partial charge on any atom is 0.263 e. The largest absolute Gasteiger partial charge is 0.399 e. The normalized spacial score (nSPS) is 14.6. The highest BCUT2D eigenvalue weighted by atomic mass is 16.1. The van der Waals surface area contributed by atoms with Gasteiger partial charge >= 0.3 is 0 Å². The number of nitrogen functional groups attached to an aromatic ring is 1. The van der Waals surface area contributed by atoms with Crippen LogP contribution in [0, 0.1) is 6.92 Å². The van der Waals surface area contributed by atoms with Crippen molar-refractivity contribution < 1.29 is 0 Å². The summed E-state index contributed by atoms with van der Waals surface area (Å²) in [7, 11) is 0. The van der Waals surface area contributed by atoms with Crippen molar-refractivity contribution in [3.05, 3.63) is 147 Å². The van der Waals surface area contributed by atoms with E-state index in [4.69, 9.17) is 5.73 Å². The van der Waals surface area contributed by atoms with E-state index in [2.05, 4.69) is 30.2 Å². The van der Waals surface area contributed by atoms with Crippen LogP contribution < -0.4 is 26.7 Å². The standard InChI is InChI=1S/C23H23N5O.C22H22N6O/c1-17-11-12-20-19(16-17)21(29)27(15-7-10-18-8-3-2-4-9-18)23-25-24-22(28(20)23)26-13-5-6-14-26;23-17-10-11-19-18(15-17)20(29)27(14-6-9-16-7-2-1-3-8-16)22-25-24-21(28(19)22)26-12-4-5-13-26/h2-4,7-12,16H,5-6,13-15H2,1H3;1-3,6-11,15H,4-5,12-14,23H2/b10-7+;9-6+. The maximum absolute atomic E-state index is 13.3. The van der Waals surface area contributed by atoms with Crippen molar-refractivity contribution >= 4 is 63.1 Å². The molecule has 0 amide bonds. The Kier molecular flexibility index (Phi) is 10.0. The van der Waals surface area contributed by atoms with Gasteiger partial charge in [0.15, 0.2) is 0 Å². The summed E-state index contributed by atoms with van der Waals surface area (Å²) in [5.41, 5.74) is 11.3. The van der Waals surface area contributed by atoms with E-state index in [0.717, 1.165) is 91.5 Å². The molecule has 2 fully saturated rings. The molecule has 8 aromatic rings. The highest BCUT2D eigenvalue weighted by Crippen LogP contribution is 2.26. The van der Waals surface area contributed by atoms with Crippen LogP contribution in [0.4, 0.5) is 17.6 Å². The summed E-state index contributed by atoms with van der Waals surface area (Å²) in [5.74, 6) is 2.75. The van der Waals surface area contributed by atoms with E-state index in [9.17, 15) is 9.59 Å². The Morgan fingerprint density at radius 3 is 1.50 bits per heavy atom. The average Bonchev–Trinajstić information content (AvgIpc) is 4.09. The van der Waals surface area contributed by atoms with Crippen molar-refractivity contribution in [2.24, 2.45) is 0 Å². The third-order valence-corrected chi connectivity index (χ3v) is 10.9. The number of anilines is 3. The lowest BCUT2D eigenvalue weighted by Gasteiger charge is -2.16. The zero-order valence-corrected chi connectivity index (χ0v) is 32.5. The number of allylic oxidation sites excluding steroid dienone is 2. The van der Waals surface area contributed by atoms with Crippen molar-refractivity contribution in [1.82, 2.24) is 38.3 Å². The Hall–Kier alpha value is -7.02. The van der Waals surface area contributed by atoms with E-state index in [-0.39, 0.29) is 11.1 Å². The van der Waals surface area contributed by atoms with Gasteiger partial charge in [-0.15, -0.1) is 20.4 Å². The monoisotopic (exact) mass is 771 g/mol. The molecular formula is C45H45N11O2. The van der Waals surface area contributed by atoms with Gasteiger partial charge in [0, 0.05) is 45.0 Å². The summed E-state index contributed by atoms with van der Waals surface area (Å²) in [4.78, 5) is 31.0. The fraction of sp³-hybridized carbons (Fsp3) is 0.244. The molecule has 4 aromatic heterocycles. The third-order valence-electron chi connectivity index (χ3n) is 10.9. The second kappa shape index (κ2) is 15.8. The van der Waals surface area contributed by atoms with Crippen LogP contribution in [0.15, 0.2) is 119 Å². The molecule has 4 aromatic carbocycles. The van der Waals surface area contributed by atoms with Crippen LogP contribution in [-0.2, 0) is 13.1 Å². The summed E-state index contributed by atoms with van der Waals surface area (Å²) in [6.07, 6.45) is 12.6. The Morgan fingerprint density at radius 2 is 1.02 bits per heavy atom. The lowest BCUT2D eigenvalue weighted by atomic mass is 10.1. The first-order chi connectivity index (χ1) is 28.4. The van der Waals surface area contributed by atoms with E-state index in [1.54, 1.807) is 15.2 Å². The lowest BCUT2D eigenvalue weighted by molar-refractivity contribution is 0.786. The SMILES string of the molecule is Cc1ccc2c(c1)c(=O)n(C/C=C/c1ccccc1)c1nnc(N3CCCC3)n21.Nc1ccc2c(c1)c(=O)n(C/C=C/c1ccccc1)c1nnc(N3CCCC3)n21. The van der Waals surface area contributed by atoms with E-state index in [1.807, 2.05) is 131 Å². The van der Waals surface area contributed by atoms with Gasteiger partial charge in [0.2, 0.25) is 23.5 Å². The number of benzene rings is 4. The van der Waals surface area contributed by atoms with Crippen molar-refractivity contribution in [2.45, 2.75) is 45.7 Å². The summed E-state index contributed by atoms with van der Waals surface area (Å²) in [6, 6.07) is 31.5. The molecule has 0 atom stereocenters. The first-order valence-electron chi connectivity index (χ1n) is 19.9. The Morgan fingerprint density at radius 1 is 0.569 bits per heavy atom. The molecule has 0 saturated carbocycles. The van der Waals surface area contributed by atoms with Gasteiger partial charge in [0.25, 0.3) is 11.1 Å². The van der Waals surface area contributed by atoms with Gasteiger partial charge in [-0.1, -0.05) is 96.6 Å². The molecule has 2 aliphatic heterocycles. The van der Waals surface area contributed by atoms with Gasteiger partial charge in [-0.25, -0.2) is 8.80 Å². The van der Waals surface area contributed by atoms with Crippen LogP contribution in [0.1, 0.15) is 42.4 Å². The second-order valence-electron chi connectivity index (χ2n) is 14.9. The van der Waals surface area contributed by atoms with Crippen molar-refractivity contribution in [3.63, 3.8) is 0 Å². The van der Waals surface area contributed by atoms with E-state index in [1.165, 1.54) is 0 Å². The Labute approximate surface area is 334 Å². The predicted octanol–water partition coefficient (Wildman–Crippen LogP) is 6.61. The van der Waals surface area contributed by atoms with Crippen LogP contribution in [0.5, 0.6) is 0 Å². The third kappa shape index (κ3) is 6.99. The Bertz CT molecular complexity index is 2730. The quantitative estimate of drug-likeness (QED) is 0.169. The lowest BCUT2D eigenvalue weighted by Crippen LogP contribution is -2.25. The Balaban J connectivity index is 0.000000150. The molecular weight excluding hydrogens is 727 g/mol. The number of nitrogens with two attached hydrogens (primary N) is 1. The molecule has 13 nitrogen and oxygen atoms in total. The molecule has 0 radical (unpaired) electrons. The molecule has 10 rings (SSSR count). The molecule has 0 spiro atoms. The van der Waals surface area contributed by atoms with Crippen LogP contribution in [0.25, 0.3) is 45.5 Å². The average molecular weight is 772 g/mol. The predicted molar refractivity (Wildman–Crippen MR) is 233 cm³/mol. The van der Waals surface area contributed by atoms with Gasteiger partial charge in [0.1, 0.15) is 0 Å². The number of aromatic nitrogens is 8. The van der Waals surface area contributed by atoms with Crippen LogP contribution >= 0.6 is 0 Å². The summed E-state index contributed by atoms with van der Waals surface area (Å²) < 4.78 is 7.40. The minimum Gasteiger partial charge on any atom is -0.399 e. The minimum atomic E-state index is -0.113. The first kappa shape index (κ1) is 36.6. The zero-order chi connectivity index (χ0) is 39.6. The number of nitrogens with zero attached hydrogens (tertiary/aromatic N) is 10. The molecule has 0 unspecified atom stereocenters. The molecule has 13 heteroatoms. The van der Waals surface area contributed by atoms with Crippen molar-refractivity contribution in [1.29, 1.82) is 0 Å². The molecule has 292 valence electrons. The molecule has 2 N–H and O–H groups in total. The van der Waals surface area contributed by atoms with Gasteiger partial charge < -0.3 is 15.5 Å².